The van der Waals surface area contributed by atoms with Gasteiger partial charge in [0.2, 0.25) is 5.88 Å². The molecule has 4 rings (SSSR count). The molecule has 0 fully saturated rings. The zero-order chi connectivity index (χ0) is 18.8. The molecule has 6 nitrogen and oxygen atoms in total. The van der Waals surface area contributed by atoms with Crippen molar-refractivity contribution in [3.63, 3.8) is 0 Å². The zero-order valence-corrected chi connectivity index (χ0v) is 15.6. The summed E-state index contributed by atoms with van der Waals surface area (Å²) in [6.45, 7) is 6.71. The number of fused-ring (bicyclic) bond motifs is 3. The van der Waals surface area contributed by atoms with Crippen LogP contribution in [0.3, 0.4) is 0 Å². The predicted molar refractivity (Wildman–Crippen MR) is 104 cm³/mol. The van der Waals surface area contributed by atoms with Crippen LogP contribution in [0.15, 0.2) is 48.5 Å². The first-order valence-corrected chi connectivity index (χ1v) is 9.15. The first kappa shape index (κ1) is 17.3. The van der Waals surface area contributed by atoms with Crippen molar-refractivity contribution in [3.05, 3.63) is 59.7 Å². The first-order valence-electron chi connectivity index (χ1n) is 9.15. The van der Waals surface area contributed by atoms with Gasteiger partial charge in [0.15, 0.2) is 11.9 Å². The van der Waals surface area contributed by atoms with Crippen LogP contribution < -0.4 is 14.8 Å². The van der Waals surface area contributed by atoms with Gasteiger partial charge in [0.05, 0.1) is 6.61 Å². The second-order valence-corrected chi connectivity index (χ2v) is 6.69. The van der Waals surface area contributed by atoms with E-state index in [1.807, 2.05) is 31.2 Å². The maximum atomic E-state index is 6.21. The third kappa shape index (κ3) is 3.43. The summed E-state index contributed by atoms with van der Waals surface area (Å²) >= 11 is 0. The fourth-order valence-electron chi connectivity index (χ4n) is 3.04. The fraction of sp³-hybridized carbons (Fsp3) is 0.286. The minimum Gasteiger partial charge on any atom is -0.463 e. The van der Waals surface area contributed by atoms with E-state index in [0.29, 0.717) is 24.1 Å². The Morgan fingerprint density at radius 2 is 1.85 bits per heavy atom. The second kappa shape index (κ2) is 7.23. The lowest BCUT2D eigenvalue weighted by atomic mass is 10.0. The molecule has 1 aliphatic heterocycles. The van der Waals surface area contributed by atoms with Gasteiger partial charge in [-0.1, -0.05) is 61.4 Å². The molecule has 2 heterocycles. The molecule has 27 heavy (non-hydrogen) atoms. The summed E-state index contributed by atoms with van der Waals surface area (Å²) < 4.78 is 11.6. The lowest BCUT2D eigenvalue weighted by Crippen LogP contribution is -2.17. The lowest BCUT2D eigenvalue weighted by molar-refractivity contribution is 0.220. The summed E-state index contributed by atoms with van der Waals surface area (Å²) in [7, 11) is 0. The molecule has 0 spiro atoms. The van der Waals surface area contributed by atoms with E-state index in [2.05, 4.69) is 58.6 Å². The normalized spacial score (nSPS) is 15.2. The molecular weight excluding hydrogens is 340 g/mol. The Kier molecular flexibility index (Phi) is 4.62. The Balaban J connectivity index is 1.77. The van der Waals surface area contributed by atoms with Gasteiger partial charge in [0.25, 0.3) is 0 Å². The number of aromatic nitrogens is 3. The van der Waals surface area contributed by atoms with Gasteiger partial charge in [0, 0.05) is 16.8 Å². The van der Waals surface area contributed by atoms with Gasteiger partial charge >= 0.3 is 6.01 Å². The smallest absolute Gasteiger partial charge is 0.339 e. The number of anilines is 1. The largest absolute Gasteiger partial charge is 0.463 e. The van der Waals surface area contributed by atoms with Crippen LogP contribution in [-0.4, -0.2) is 21.8 Å². The number of ether oxygens (including phenoxy) is 2. The Morgan fingerprint density at radius 3 is 2.59 bits per heavy atom. The van der Waals surface area contributed by atoms with Crippen molar-refractivity contribution in [1.29, 1.82) is 0 Å². The van der Waals surface area contributed by atoms with Gasteiger partial charge in [-0.15, -0.1) is 5.10 Å². The van der Waals surface area contributed by atoms with E-state index >= 15 is 0 Å². The van der Waals surface area contributed by atoms with Gasteiger partial charge in [-0.3, -0.25) is 0 Å². The van der Waals surface area contributed by atoms with Crippen molar-refractivity contribution in [2.24, 2.45) is 0 Å². The van der Waals surface area contributed by atoms with E-state index in [0.717, 1.165) is 16.8 Å². The first-order chi connectivity index (χ1) is 13.2. The number of hydrogen-bond donors (Lipinski definition) is 1. The molecule has 0 bridgehead atoms. The summed E-state index contributed by atoms with van der Waals surface area (Å²) in [5.74, 6) is 0.887. The summed E-state index contributed by atoms with van der Waals surface area (Å²) in [6.07, 6.45) is -0.389. The molecular formula is C21H22N4O2. The highest BCUT2D eigenvalue weighted by atomic mass is 16.5. The quantitative estimate of drug-likeness (QED) is 0.733. The van der Waals surface area contributed by atoms with Crippen molar-refractivity contribution in [2.45, 2.75) is 32.9 Å². The van der Waals surface area contributed by atoms with Gasteiger partial charge in [0.1, 0.15) is 0 Å². The Hall–Kier alpha value is -3.15. The van der Waals surface area contributed by atoms with Crippen LogP contribution in [0.2, 0.25) is 0 Å². The predicted octanol–water partition coefficient (Wildman–Crippen LogP) is 4.56. The molecule has 1 aromatic heterocycles. The van der Waals surface area contributed by atoms with Crippen molar-refractivity contribution >= 4 is 5.69 Å². The molecule has 0 saturated carbocycles. The summed E-state index contributed by atoms with van der Waals surface area (Å²) in [6, 6.07) is 16.6. The second-order valence-electron chi connectivity index (χ2n) is 6.69. The maximum Gasteiger partial charge on any atom is 0.339 e. The minimum absolute atomic E-state index is 0.213. The number of para-hydroxylation sites is 1. The standard InChI is InChI=1S/C21H22N4O2/c1-4-26-21-23-20-18(24-25-21)16-7-5-6-8-17(16)22-19(27-20)15-11-9-14(10-12-15)13(2)3/h5-13,19,22H,4H2,1-3H3. The highest BCUT2D eigenvalue weighted by molar-refractivity contribution is 5.79. The van der Waals surface area contributed by atoms with E-state index in [4.69, 9.17) is 9.47 Å². The van der Waals surface area contributed by atoms with E-state index in [-0.39, 0.29) is 12.2 Å². The Morgan fingerprint density at radius 1 is 1.07 bits per heavy atom. The maximum absolute atomic E-state index is 6.21. The van der Waals surface area contributed by atoms with Crippen LogP contribution in [-0.2, 0) is 0 Å². The van der Waals surface area contributed by atoms with E-state index in [1.165, 1.54) is 5.56 Å². The molecule has 0 saturated heterocycles. The number of rotatable bonds is 4. The lowest BCUT2D eigenvalue weighted by Gasteiger charge is -2.20. The molecule has 1 atom stereocenters. The van der Waals surface area contributed by atoms with Crippen molar-refractivity contribution in [1.82, 2.24) is 15.2 Å². The Labute approximate surface area is 158 Å². The summed E-state index contributed by atoms with van der Waals surface area (Å²) in [4.78, 5) is 4.43. The van der Waals surface area contributed by atoms with Gasteiger partial charge in [-0.25, -0.2) is 0 Å². The molecule has 3 aromatic rings. The summed E-state index contributed by atoms with van der Waals surface area (Å²) in [5.41, 5.74) is 4.73. The van der Waals surface area contributed by atoms with Crippen LogP contribution in [0.5, 0.6) is 11.9 Å². The van der Waals surface area contributed by atoms with Crippen molar-refractivity contribution < 1.29 is 9.47 Å². The van der Waals surface area contributed by atoms with Crippen molar-refractivity contribution in [2.75, 3.05) is 11.9 Å². The van der Waals surface area contributed by atoms with Crippen molar-refractivity contribution in [3.8, 4) is 23.1 Å². The average Bonchev–Trinajstić information content (AvgIpc) is 2.85. The average molecular weight is 362 g/mol. The minimum atomic E-state index is -0.389. The van der Waals surface area contributed by atoms with Crippen LogP contribution in [0, 0.1) is 0 Å². The molecule has 0 aliphatic carbocycles. The molecule has 138 valence electrons. The van der Waals surface area contributed by atoms with Crippen LogP contribution in [0.25, 0.3) is 11.3 Å². The molecule has 1 unspecified atom stereocenters. The summed E-state index contributed by atoms with van der Waals surface area (Å²) in [5, 5.41) is 11.8. The van der Waals surface area contributed by atoms with Gasteiger partial charge < -0.3 is 14.8 Å². The third-order valence-corrected chi connectivity index (χ3v) is 4.51. The van der Waals surface area contributed by atoms with E-state index in [9.17, 15) is 0 Å². The topological polar surface area (TPSA) is 69.2 Å². The molecule has 1 aliphatic rings. The molecule has 2 aromatic carbocycles. The van der Waals surface area contributed by atoms with Gasteiger partial charge in [-0.05, 0) is 24.5 Å². The molecule has 6 heteroatoms. The highest BCUT2D eigenvalue weighted by Gasteiger charge is 2.26. The number of nitrogens with zero attached hydrogens (tertiary/aromatic N) is 3. The van der Waals surface area contributed by atoms with E-state index < -0.39 is 0 Å². The molecule has 1 N–H and O–H groups in total. The third-order valence-electron chi connectivity index (χ3n) is 4.51. The number of benzene rings is 2. The van der Waals surface area contributed by atoms with E-state index in [1.54, 1.807) is 0 Å². The Bertz CT molecular complexity index is 941. The fourth-order valence-corrected chi connectivity index (χ4v) is 3.04. The van der Waals surface area contributed by atoms with Crippen LogP contribution in [0.1, 0.15) is 44.0 Å². The van der Waals surface area contributed by atoms with Gasteiger partial charge in [-0.2, -0.15) is 4.98 Å². The number of nitrogens with one attached hydrogen (secondary N) is 1. The highest BCUT2D eigenvalue weighted by Crippen LogP contribution is 2.39. The number of hydrogen-bond acceptors (Lipinski definition) is 6. The van der Waals surface area contributed by atoms with Crippen LogP contribution in [0.4, 0.5) is 5.69 Å². The monoisotopic (exact) mass is 362 g/mol. The molecule has 0 radical (unpaired) electrons. The zero-order valence-electron chi connectivity index (χ0n) is 15.6. The SMILES string of the molecule is CCOc1nnc2c(n1)OC(c1ccc(C(C)C)cc1)Nc1ccccc1-2. The van der Waals surface area contributed by atoms with Crippen LogP contribution >= 0.6 is 0 Å². The molecule has 0 amide bonds.